The Bertz CT molecular complexity index is 1130. The predicted octanol–water partition coefficient (Wildman–Crippen LogP) is 2.90. The number of ether oxygens (including phenoxy) is 2. The molecule has 150 valence electrons. The van der Waals surface area contributed by atoms with Crippen LogP contribution in [0.25, 0.3) is 0 Å². The molecule has 0 saturated carbocycles. The van der Waals surface area contributed by atoms with Gasteiger partial charge in [0.2, 0.25) is 6.79 Å². The molecular weight excluding hydrogens is 382 g/mol. The first-order chi connectivity index (χ1) is 14.7. The van der Waals surface area contributed by atoms with Crippen molar-refractivity contribution < 1.29 is 19.1 Å². The maximum atomic E-state index is 13.0. The molecule has 0 radical (unpaired) electrons. The zero-order valence-corrected chi connectivity index (χ0v) is 16.1. The van der Waals surface area contributed by atoms with Crippen molar-refractivity contribution in [1.29, 1.82) is 0 Å². The average molecular weight is 401 g/mol. The molecule has 0 unspecified atom stereocenters. The molecule has 2 aliphatic heterocycles. The fraction of sp³-hybridized carbons (Fsp3) is 0.174. The number of carbonyl (C=O) groups is 2. The van der Waals surface area contributed by atoms with E-state index >= 15 is 0 Å². The third-order valence-electron chi connectivity index (χ3n) is 5.24. The highest BCUT2D eigenvalue weighted by Gasteiger charge is 2.31. The van der Waals surface area contributed by atoms with Gasteiger partial charge in [-0.1, -0.05) is 24.3 Å². The number of nitrogens with one attached hydrogen (secondary N) is 1. The van der Waals surface area contributed by atoms with Crippen molar-refractivity contribution >= 4 is 11.8 Å². The second-order valence-electron chi connectivity index (χ2n) is 7.23. The lowest BCUT2D eigenvalue weighted by atomic mass is 10.0. The summed E-state index contributed by atoms with van der Waals surface area (Å²) in [7, 11) is 0. The Morgan fingerprint density at radius 1 is 1.07 bits per heavy atom. The number of hydrogen-bond acceptors (Lipinski definition) is 5. The molecule has 7 heteroatoms. The van der Waals surface area contributed by atoms with Crippen LogP contribution in [-0.4, -0.2) is 28.5 Å². The van der Waals surface area contributed by atoms with Crippen molar-refractivity contribution in [2.45, 2.75) is 19.6 Å². The second kappa shape index (κ2) is 7.51. The first-order valence-corrected chi connectivity index (χ1v) is 9.66. The van der Waals surface area contributed by atoms with Crippen LogP contribution in [0.5, 0.6) is 11.5 Å². The van der Waals surface area contributed by atoms with Gasteiger partial charge in [0.15, 0.2) is 11.5 Å². The molecule has 1 aromatic heterocycles. The van der Waals surface area contributed by atoms with Crippen LogP contribution in [0.15, 0.2) is 60.9 Å². The average Bonchev–Trinajstić information content (AvgIpc) is 3.37. The Hall–Kier alpha value is -3.87. The first kappa shape index (κ1) is 18.2. The third kappa shape index (κ3) is 3.34. The third-order valence-corrected chi connectivity index (χ3v) is 5.24. The van der Waals surface area contributed by atoms with Crippen LogP contribution in [0.1, 0.15) is 37.4 Å². The van der Waals surface area contributed by atoms with E-state index < -0.39 is 0 Å². The van der Waals surface area contributed by atoms with Crippen molar-refractivity contribution in [3.8, 4) is 11.5 Å². The molecule has 3 aromatic rings. The molecule has 0 bridgehead atoms. The quantitative estimate of drug-likeness (QED) is 0.711. The van der Waals surface area contributed by atoms with Gasteiger partial charge in [-0.3, -0.25) is 14.6 Å². The Labute approximate surface area is 173 Å². The topological polar surface area (TPSA) is 80.8 Å². The Morgan fingerprint density at radius 3 is 2.83 bits per heavy atom. The summed E-state index contributed by atoms with van der Waals surface area (Å²) in [6.45, 7) is 1.47. The van der Waals surface area contributed by atoms with Crippen LogP contribution in [0.3, 0.4) is 0 Å². The number of pyridine rings is 1. The van der Waals surface area contributed by atoms with Gasteiger partial charge in [-0.05, 0) is 41.0 Å². The van der Waals surface area contributed by atoms with Gasteiger partial charge in [-0.2, -0.15) is 0 Å². The summed E-state index contributed by atoms with van der Waals surface area (Å²) in [5.41, 5.74) is 3.58. The van der Waals surface area contributed by atoms with Crippen molar-refractivity contribution in [3.05, 3.63) is 88.7 Å². The summed E-state index contributed by atoms with van der Waals surface area (Å²) in [6.07, 6.45) is 3.45. The minimum absolute atomic E-state index is 0.136. The molecule has 0 fully saturated rings. The molecule has 0 spiro atoms. The van der Waals surface area contributed by atoms with E-state index in [1.54, 1.807) is 23.4 Å². The van der Waals surface area contributed by atoms with Crippen LogP contribution in [0.2, 0.25) is 0 Å². The van der Waals surface area contributed by atoms with Gasteiger partial charge in [-0.25, -0.2) is 0 Å². The Morgan fingerprint density at radius 2 is 1.97 bits per heavy atom. The summed E-state index contributed by atoms with van der Waals surface area (Å²) < 4.78 is 10.7. The smallest absolute Gasteiger partial charge is 0.255 e. The zero-order valence-electron chi connectivity index (χ0n) is 16.1. The number of amides is 2. The summed E-state index contributed by atoms with van der Waals surface area (Å²) >= 11 is 0. The number of carbonyl (C=O) groups excluding carboxylic acids is 2. The van der Waals surface area contributed by atoms with Gasteiger partial charge in [0.1, 0.15) is 0 Å². The zero-order chi connectivity index (χ0) is 20.5. The Kier molecular flexibility index (Phi) is 4.55. The van der Waals surface area contributed by atoms with Gasteiger partial charge in [0.05, 0.1) is 11.1 Å². The molecular formula is C23H19N3O4. The van der Waals surface area contributed by atoms with Crippen LogP contribution < -0.4 is 14.8 Å². The lowest BCUT2D eigenvalue weighted by molar-refractivity contribution is 0.0761. The molecule has 0 atom stereocenters. The molecule has 2 aromatic carbocycles. The molecule has 0 saturated heterocycles. The van der Waals surface area contributed by atoms with Crippen molar-refractivity contribution in [2.24, 2.45) is 0 Å². The minimum atomic E-state index is -0.277. The lowest BCUT2D eigenvalue weighted by Crippen LogP contribution is -2.27. The van der Waals surface area contributed by atoms with Gasteiger partial charge < -0.3 is 19.7 Å². The first-order valence-electron chi connectivity index (χ1n) is 9.66. The van der Waals surface area contributed by atoms with E-state index in [-0.39, 0.29) is 18.6 Å². The number of rotatable bonds is 5. The summed E-state index contributed by atoms with van der Waals surface area (Å²) in [4.78, 5) is 31.7. The van der Waals surface area contributed by atoms with Gasteiger partial charge in [-0.15, -0.1) is 0 Å². The highest BCUT2D eigenvalue weighted by Crippen LogP contribution is 2.32. The van der Waals surface area contributed by atoms with E-state index in [1.807, 2.05) is 42.5 Å². The van der Waals surface area contributed by atoms with Crippen LogP contribution >= 0.6 is 0 Å². The normalized spacial score (nSPS) is 14.0. The maximum absolute atomic E-state index is 13.0. The number of nitrogens with zero attached hydrogens (tertiary/aromatic N) is 2. The fourth-order valence-corrected chi connectivity index (χ4v) is 3.78. The van der Waals surface area contributed by atoms with E-state index in [1.165, 1.54) is 0 Å². The van der Waals surface area contributed by atoms with E-state index in [9.17, 15) is 9.59 Å². The largest absolute Gasteiger partial charge is 0.454 e. The SMILES string of the molecule is O=C(NCc1ccc2c(c1)OCO2)c1cccc2c1C(=O)N(Cc1cccnc1)C2. The van der Waals surface area contributed by atoms with Crippen molar-refractivity contribution in [1.82, 2.24) is 15.2 Å². The molecule has 1 N–H and O–H groups in total. The second-order valence-corrected chi connectivity index (χ2v) is 7.23. The summed E-state index contributed by atoms with van der Waals surface area (Å²) in [5, 5.41) is 2.91. The molecule has 0 aliphatic carbocycles. The molecule has 3 heterocycles. The molecule has 2 aliphatic rings. The van der Waals surface area contributed by atoms with Crippen LogP contribution in [0, 0.1) is 0 Å². The lowest BCUT2D eigenvalue weighted by Gasteiger charge is -2.15. The van der Waals surface area contributed by atoms with Crippen molar-refractivity contribution in [2.75, 3.05) is 6.79 Å². The number of aromatic nitrogens is 1. The molecule has 7 nitrogen and oxygen atoms in total. The summed E-state index contributed by atoms with van der Waals surface area (Å²) in [5.74, 6) is 0.956. The van der Waals surface area contributed by atoms with E-state index in [0.29, 0.717) is 42.3 Å². The monoisotopic (exact) mass is 401 g/mol. The number of benzene rings is 2. The van der Waals surface area contributed by atoms with Gasteiger partial charge >= 0.3 is 0 Å². The van der Waals surface area contributed by atoms with E-state index in [4.69, 9.17) is 9.47 Å². The highest BCUT2D eigenvalue weighted by molar-refractivity contribution is 6.09. The van der Waals surface area contributed by atoms with Crippen LogP contribution in [0.4, 0.5) is 0 Å². The summed E-state index contributed by atoms with van der Waals surface area (Å²) in [6, 6.07) is 14.7. The Balaban J connectivity index is 1.31. The molecule has 5 rings (SSSR count). The van der Waals surface area contributed by atoms with E-state index in [0.717, 1.165) is 16.7 Å². The number of fused-ring (bicyclic) bond motifs is 2. The fourth-order valence-electron chi connectivity index (χ4n) is 3.78. The minimum Gasteiger partial charge on any atom is -0.454 e. The standard InChI is InChI=1S/C23H19N3O4/c27-22(25-11-15-6-7-19-20(9-15)30-14-29-19)18-5-1-4-17-13-26(23(28)21(17)18)12-16-3-2-8-24-10-16/h1-10H,11-14H2,(H,25,27). The van der Waals surface area contributed by atoms with Crippen molar-refractivity contribution in [3.63, 3.8) is 0 Å². The van der Waals surface area contributed by atoms with Gasteiger partial charge in [0, 0.05) is 32.0 Å². The van der Waals surface area contributed by atoms with Crippen LogP contribution in [-0.2, 0) is 19.6 Å². The number of hydrogen-bond donors (Lipinski definition) is 1. The van der Waals surface area contributed by atoms with Gasteiger partial charge in [0.25, 0.3) is 11.8 Å². The predicted molar refractivity (Wildman–Crippen MR) is 108 cm³/mol. The molecule has 30 heavy (non-hydrogen) atoms. The maximum Gasteiger partial charge on any atom is 0.255 e. The highest BCUT2D eigenvalue weighted by atomic mass is 16.7. The van der Waals surface area contributed by atoms with E-state index in [2.05, 4.69) is 10.3 Å². The molecule has 2 amide bonds.